The van der Waals surface area contributed by atoms with E-state index in [9.17, 15) is 9.18 Å². The third-order valence-corrected chi connectivity index (χ3v) is 4.79. The van der Waals surface area contributed by atoms with Gasteiger partial charge in [0.2, 0.25) is 0 Å². The molecule has 5 nitrogen and oxygen atoms in total. The summed E-state index contributed by atoms with van der Waals surface area (Å²) in [5.74, 6) is -0.456. The number of nitrogens with two attached hydrogens (primary N) is 2. The standard InChI is InChI=1S/C21H25FN4O.ClH/c1-13(18(24)3-2-10-23)25-21(27)20-12-16-5-4-15(11-19(16)26-20)14-6-8-17(22)9-7-14;/h4-9,11-13,18,26H,2-3,10,23-24H2,1H3,(H,25,27);1H. The molecule has 0 saturated heterocycles. The van der Waals surface area contributed by atoms with Gasteiger partial charge < -0.3 is 21.8 Å². The van der Waals surface area contributed by atoms with Crippen molar-refractivity contribution in [2.45, 2.75) is 31.8 Å². The predicted molar refractivity (Wildman–Crippen MR) is 114 cm³/mol. The number of hydrogen-bond donors (Lipinski definition) is 4. The maximum absolute atomic E-state index is 13.1. The van der Waals surface area contributed by atoms with Crippen LogP contribution < -0.4 is 16.8 Å². The topological polar surface area (TPSA) is 96.9 Å². The average molecular weight is 405 g/mol. The molecule has 2 atom stereocenters. The van der Waals surface area contributed by atoms with E-state index in [0.29, 0.717) is 12.2 Å². The normalized spacial score (nSPS) is 13.0. The van der Waals surface area contributed by atoms with Crippen LogP contribution in [0.5, 0.6) is 0 Å². The number of halogens is 2. The van der Waals surface area contributed by atoms with Crippen LogP contribution in [0.3, 0.4) is 0 Å². The summed E-state index contributed by atoms with van der Waals surface area (Å²) in [4.78, 5) is 15.7. The van der Waals surface area contributed by atoms with Crippen molar-refractivity contribution in [1.29, 1.82) is 0 Å². The smallest absolute Gasteiger partial charge is 0.267 e. The second kappa shape index (κ2) is 9.68. The van der Waals surface area contributed by atoms with Gasteiger partial charge in [-0.05, 0) is 61.7 Å². The summed E-state index contributed by atoms with van der Waals surface area (Å²) in [6.07, 6.45) is 1.60. The lowest BCUT2D eigenvalue weighted by molar-refractivity contribution is 0.0929. The van der Waals surface area contributed by atoms with Crippen molar-refractivity contribution in [1.82, 2.24) is 10.3 Å². The zero-order chi connectivity index (χ0) is 19.4. The van der Waals surface area contributed by atoms with Gasteiger partial charge in [0.15, 0.2) is 0 Å². The first-order chi connectivity index (χ1) is 13.0. The average Bonchev–Trinajstić information content (AvgIpc) is 3.10. The number of nitrogens with one attached hydrogen (secondary N) is 2. The van der Waals surface area contributed by atoms with Crippen LogP contribution in [-0.2, 0) is 0 Å². The lowest BCUT2D eigenvalue weighted by Gasteiger charge is -2.20. The van der Waals surface area contributed by atoms with Crippen molar-refractivity contribution in [2.75, 3.05) is 6.54 Å². The Morgan fingerprint density at radius 3 is 2.50 bits per heavy atom. The summed E-state index contributed by atoms with van der Waals surface area (Å²) in [6.45, 7) is 2.49. The maximum atomic E-state index is 13.1. The van der Waals surface area contributed by atoms with Gasteiger partial charge in [-0.25, -0.2) is 4.39 Å². The molecule has 0 aliphatic rings. The fraction of sp³-hybridized carbons (Fsp3) is 0.286. The quantitative estimate of drug-likeness (QED) is 0.484. The molecule has 2 aromatic carbocycles. The largest absolute Gasteiger partial charge is 0.351 e. The molecule has 0 aliphatic carbocycles. The number of amides is 1. The minimum absolute atomic E-state index is 0. The van der Waals surface area contributed by atoms with Crippen molar-refractivity contribution in [3.8, 4) is 11.1 Å². The molecule has 1 aromatic heterocycles. The van der Waals surface area contributed by atoms with Crippen LogP contribution >= 0.6 is 12.4 Å². The van der Waals surface area contributed by atoms with E-state index in [-0.39, 0.29) is 36.2 Å². The van der Waals surface area contributed by atoms with E-state index < -0.39 is 0 Å². The number of H-pyrrole nitrogens is 1. The highest BCUT2D eigenvalue weighted by Crippen LogP contribution is 2.25. The van der Waals surface area contributed by atoms with Crippen molar-refractivity contribution < 1.29 is 9.18 Å². The number of aromatic nitrogens is 1. The number of fused-ring (bicyclic) bond motifs is 1. The molecular formula is C21H26ClFN4O. The zero-order valence-electron chi connectivity index (χ0n) is 15.7. The summed E-state index contributed by atoms with van der Waals surface area (Å²) >= 11 is 0. The van der Waals surface area contributed by atoms with Gasteiger partial charge in [0.1, 0.15) is 11.5 Å². The minimum Gasteiger partial charge on any atom is -0.351 e. The maximum Gasteiger partial charge on any atom is 0.267 e. The first-order valence-corrected chi connectivity index (χ1v) is 9.13. The number of rotatable bonds is 7. The van der Waals surface area contributed by atoms with Gasteiger partial charge in [0.05, 0.1) is 0 Å². The Hall–Kier alpha value is -2.41. The first kappa shape index (κ1) is 21.9. The van der Waals surface area contributed by atoms with Gasteiger partial charge >= 0.3 is 0 Å². The number of carbonyl (C=O) groups is 1. The molecule has 0 aliphatic heterocycles. The lowest BCUT2D eigenvalue weighted by Crippen LogP contribution is -2.45. The van der Waals surface area contributed by atoms with Crippen LogP contribution in [0.4, 0.5) is 4.39 Å². The lowest BCUT2D eigenvalue weighted by atomic mass is 10.0. The first-order valence-electron chi connectivity index (χ1n) is 9.13. The highest BCUT2D eigenvalue weighted by molar-refractivity contribution is 5.99. The van der Waals surface area contributed by atoms with E-state index in [0.717, 1.165) is 34.9 Å². The van der Waals surface area contributed by atoms with Gasteiger partial charge in [-0.3, -0.25) is 4.79 Å². The van der Waals surface area contributed by atoms with Gasteiger partial charge in [-0.15, -0.1) is 12.4 Å². The van der Waals surface area contributed by atoms with Crippen LogP contribution in [0, 0.1) is 5.82 Å². The molecule has 1 amide bonds. The molecule has 6 N–H and O–H groups in total. The third-order valence-electron chi connectivity index (χ3n) is 4.79. The van der Waals surface area contributed by atoms with E-state index in [2.05, 4.69) is 10.3 Å². The summed E-state index contributed by atoms with van der Waals surface area (Å²) in [7, 11) is 0. The van der Waals surface area contributed by atoms with Gasteiger partial charge in [-0.1, -0.05) is 24.3 Å². The van der Waals surface area contributed by atoms with E-state index in [1.807, 2.05) is 31.2 Å². The van der Waals surface area contributed by atoms with Crippen LogP contribution in [0.1, 0.15) is 30.3 Å². The van der Waals surface area contributed by atoms with Crippen molar-refractivity contribution in [3.05, 3.63) is 60.0 Å². The second-order valence-corrected chi connectivity index (χ2v) is 6.85. The van der Waals surface area contributed by atoms with Gasteiger partial charge in [-0.2, -0.15) is 0 Å². The SMILES string of the molecule is CC(NC(=O)c1cc2ccc(-c3ccc(F)cc3)cc2[nH]1)C(N)CCCN.Cl. The van der Waals surface area contributed by atoms with Crippen LogP contribution in [0.15, 0.2) is 48.5 Å². The number of benzene rings is 2. The summed E-state index contributed by atoms with van der Waals surface area (Å²) in [5, 5.41) is 3.88. The molecule has 150 valence electrons. The summed E-state index contributed by atoms with van der Waals surface area (Å²) in [5.41, 5.74) is 14.8. The van der Waals surface area contributed by atoms with Crippen LogP contribution in [-0.4, -0.2) is 29.5 Å². The molecule has 28 heavy (non-hydrogen) atoms. The highest BCUT2D eigenvalue weighted by atomic mass is 35.5. The molecule has 7 heteroatoms. The monoisotopic (exact) mass is 404 g/mol. The molecule has 0 fully saturated rings. The molecule has 0 saturated carbocycles. The Bertz CT molecular complexity index is 926. The van der Waals surface area contributed by atoms with Gasteiger partial charge in [0.25, 0.3) is 5.91 Å². The minimum atomic E-state index is -0.266. The number of hydrogen-bond acceptors (Lipinski definition) is 3. The Kier molecular flexibility index (Phi) is 7.57. The van der Waals surface area contributed by atoms with Crippen LogP contribution in [0.2, 0.25) is 0 Å². The zero-order valence-corrected chi connectivity index (χ0v) is 16.6. The van der Waals surface area contributed by atoms with Crippen molar-refractivity contribution in [2.24, 2.45) is 11.5 Å². The molecular weight excluding hydrogens is 379 g/mol. The predicted octanol–water partition coefficient (Wildman–Crippen LogP) is 3.58. The highest BCUT2D eigenvalue weighted by Gasteiger charge is 2.17. The summed E-state index contributed by atoms with van der Waals surface area (Å²) in [6, 6.07) is 13.7. The number of aromatic amines is 1. The van der Waals surface area contributed by atoms with Gasteiger partial charge in [0, 0.05) is 23.0 Å². The Morgan fingerprint density at radius 1 is 1.14 bits per heavy atom. The molecule has 1 heterocycles. The molecule has 3 aromatic rings. The van der Waals surface area contributed by atoms with Crippen molar-refractivity contribution >= 4 is 29.2 Å². The van der Waals surface area contributed by atoms with E-state index in [1.54, 1.807) is 12.1 Å². The Labute approximate surface area is 170 Å². The molecule has 0 radical (unpaired) electrons. The third kappa shape index (κ3) is 5.10. The van der Waals surface area contributed by atoms with E-state index in [4.69, 9.17) is 11.5 Å². The Balaban J connectivity index is 0.00000280. The fourth-order valence-corrected chi connectivity index (χ4v) is 3.07. The van der Waals surface area contributed by atoms with E-state index >= 15 is 0 Å². The molecule has 2 unspecified atom stereocenters. The van der Waals surface area contributed by atoms with Crippen LogP contribution in [0.25, 0.3) is 22.0 Å². The second-order valence-electron chi connectivity index (χ2n) is 6.85. The number of carbonyl (C=O) groups excluding carboxylic acids is 1. The molecule has 0 spiro atoms. The van der Waals surface area contributed by atoms with E-state index in [1.165, 1.54) is 12.1 Å². The molecule has 3 rings (SSSR count). The molecule has 0 bridgehead atoms. The summed E-state index contributed by atoms with van der Waals surface area (Å²) < 4.78 is 13.1. The van der Waals surface area contributed by atoms with Crippen molar-refractivity contribution in [3.63, 3.8) is 0 Å². The Morgan fingerprint density at radius 2 is 1.82 bits per heavy atom. The fourth-order valence-electron chi connectivity index (χ4n) is 3.07.